The Morgan fingerprint density at radius 2 is 2.07 bits per heavy atom. The molecule has 2 N–H and O–H groups in total. The SMILES string of the molecule is CCC(Nc1cc(-c2c(-c3ccc(F)cc3)nc(SC)n2C)ccn1)C1CCCN1. The van der Waals surface area contributed by atoms with Gasteiger partial charge in [0.1, 0.15) is 11.6 Å². The van der Waals surface area contributed by atoms with Crippen LogP contribution in [0.4, 0.5) is 10.2 Å². The quantitative estimate of drug-likeness (QED) is 0.525. The van der Waals surface area contributed by atoms with Crippen molar-refractivity contribution in [2.24, 2.45) is 7.05 Å². The Morgan fingerprint density at radius 3 is 2.73 bits per heavy atom. The van der Waals surface area contributed by atoms with Gasteiger partial charge in [-0.05, 0) is 68.5 Å². The first kappa shape index (κ1) is 20.9. The first-order valence-electron chi connectivity index (χ1n) is 10.4. The summed E-state index contributed by atoms with van der Waals surface area (Å²) in [6, 6.07) is 11.4. The third-order valence-electron chi connectivity index (χ3n) is 5.74. The molecule has 2 aromatic heterocycles. The number of rotatable bonds is 7. The van der Waals surface area contributed by atoms with Crippen LogP contribution >= 0.6 is 11.8 Å². The number of pyridine rings is 1. The van der Waals surface area contributed by atoms with Gasteiger partial charge >= 0.3 is 0 Å². The Labute approximate surface area is 181 Å². The minimum atomic E-state index is -0.247. The molecule has 4 rings (SSSR count). The summed E-state index contributed by atoms with van der Waals surface area (Å²) >= 11 is 1.60. The fourth-order valence-electron chi connectivity index (χ4n) is 4.19. The summed E-state index contributed by atoms with van der Waals surface area (Å²) in [6.45, 7) is 3.30. The summed E-state index contributed by atoms with van der Waals surface area (Å²) in [5.41, 5.74) is 3.79. The van der Waals surface area contributed by atoms with Crippen LogP contribution in [0.5, 0.6) is 0 Å². The minimum absolute atomic E-state index is 0.247. The van der Waals surface area contributed by atoms with Gasteiger partial charge < -0.3 is 15.2 Å². The second kappa shape index (κ2) is 9.18. The van der Waals surface area contributed by atoms with Gasteiger partial charge in [0.15, 0.2) is 5.16 Å². The summed E-state index contributed by atoms with van der Waals surface area (Å²) in [7, 11) is 2.02. The molecule has 0 bridgehead atoms. The van der Waals surface area contributed by atoms with Crippen LogP contribution < -0.4 is 10.6 Å². The standard InChI is InChI=1S/C23H28FN5S/c1-4-18(19-6-5-12-25-19)27-20-14-16(11-13-26-20)22-21(28-23(30-3)29(22)2)15-7-9-17(24)10-8-15/h7-11,13-14,18-19,25H,4-6,12H2,1-3H3,(H,26,27). The number of thioether (sulfide) groups is 1. The summed E-state index contributed by atoms with van der Waals surface area (Å²) in [5, 5.41) is 8.14. The van der Waals surface area contributed by atoms with E-state index in [0.717, 1.165) is 46.5 Å². The van der Waals surface area contributed by atoms with Gasteiger partial charge in [-0.25, -0.2) is 14.4 Å². The summed E-state index contributed by atoms with van der Waals surface area (Å²) in [5.74, 6) is 0.618. The molecule has 1 fully saturated rings. The maximum Gasteiger partial charge on any atom is 0.168 e. The van der Waals surface area contributed by atoms with Gasteiger partial charge in [-0.1, -0.05) is 18.7 Å². The average Bonchev–Trinajstić information content (AvgIpc) is 3.41. The molecule has 158 valence electrons. The van der Waals surface area contributed by atoms with Gasteiger partial charge in [-0.3, -0.25) is 0 Å². The molecule has 1 aromatic carbocycles. The van der Waals surface area contributed by atoms with E-state index >= 15 is 0 Å². The van der Waals surface area contributed by atoms with Gasteiger partial charge in [0, 0.05) is 36.5 Å². The lowest BCUT2D eigenvalue weighted by Gasteiger charge is -2.24. The van der Waals surface area contributed by atoms with Crippen molar-refractivity contribution in [2.75, 3.05) is 18.1 Å². The number of hydrogen-bond donors (Lipinski definition) is 2. The van der Waals surface area contributed by atoms with Crippen molar-refractivity contribution in [1.82, 2.24) is 19.9 Å². The topological polar surface area (TPSA) is 54.8 Å². The predicted octanol–water partition coefficient (Wildman–Crippen LogP) is 4.95. The average molecular weight is 426 g/mol. The van der Waals surface area contributed by atoms with E-state index < -0.39 is 0 Å². The maximum absolute atomic E-state index is 13.5. The van der Waals surface area contributed by atoms with Crippen molar-refractivity contribution in [3.63, 3.8) is 0 Å². The Balaban J connectivity index is 1.71. The lowest BCUT2D eigenvalue weighted by atomic mass is 10.0. The number of anilines is 1. The van der Waals surface area contributed by atoms with Crippen LogP contribution in [0.2, 0.25) is 0 Å². The Morgan fingerprint density at radius 1 is 1.27 bits per heavy atom. The number of nitrogens with zero attached hydrogens (tertiary/aromatic N) is 3. The van der Waals surface area contributed by atoms with Crippen LogP contribution in [0.1, 0.15) is 26.2 Å². The highest BCUT2D eigenvalue weighted by molar-refractivity contribution is 7.98. The lowest BCUT2D eigenvalue weighted by molar-refractivity contribution is 0.498. The highest BCUT2D eigenvalue weighted by atomic mass is 32.2. The van der Waals surface area contributed by atoms with Crippen molar-refractivity contribution in [3.05, 3.63) is 48.4 Å². The van der Waals surface area contributed by atoms with Crippen LogP contribution in [0.3, 0.4) is 0 Å². The van der Waals surface area contributed by atoms with Crippen molar-refractivity contribution in [1.29, 1.82) is 0 Å². The smallest absolute Gasteiger partial charge is 0.168 e. The van der Waals surface area contributed by atoms with Gasteiger partial charge in [-0.2, -0.15) is 0 Å². The molecule has 1 aliphatic heterocycles. The monoisotopic (exact) mass is 425 g/mol. The van der Waals surface area contributed by atoms with Crippen LogP contribution in [0, 0.1) is 5.82 Å². The van der Waals surface area contributed by atoms with E-state index in [1.54, 1.807) is 23.9 Å². The van der Waals surface area contributed by atoms with Crippen LogP contribution in [0.15, 0.2) is 47.8 Å². The first-order chi connectivity index (χ1) is 14.6. The van der Waals surface area contributed by atoms with Crippen molar-refractivity contribution < 1.29 is 4.39 Å². The molecule has 0 aliphatic carbocycles. The molecule has 0 spiro atoms. The molecule has 1 aliphatic rings. The maximum atomic E-state index is 13.5. The third-order valence-corrected chi connectivity index (χ3v) is 6.48. The largest absolute Gasteiger partial charge is 0.366 e. The Kier molecular flexibility index (Phi) is 6.39. The number of aromatic nitrogens is 3. The molecule has 3 aromatic rings. The van der Waals surface area contributed by atoms with E-state index in [9.17, 15) is 4.39 Å². The minimum Gasteiger partial charge on any atom is -0.366 e. The second-order valence-corrected chi connectivity index (χ2v) is 8.43. The van der Waals surface area contributed by atoms with Crippen molar-refractivity contribution in [2.45, 2.75) is 43.4 Å². The number of nitrogens with one attached hydrogen (secondary N) is 2. The number of benzene rings is 1. The zero-order chi connectivity index (χ0) is 21.1. The van der Waals surface area contributed by atoms with E-state index in [1.807, 2.05) is 25.6 Å². The third kappa shape index (κ3) is 4.23. The summed E-state index contributed by atoms with van der Waals surface area (Å²) in [4.78, 5) is 9.40. The van der Waals surface area contributed by atoms with Crippen LogP contribution in [-0.2, 0) is 7.05 Å². The highest BCUT2D eigenvalue weighted by Gasteiger charge is 2.24. The molecule has 0 amide bonds. The molecular weight excluding hydrogens is 397 g/mol. The fourth-order valence-corrected chi connectivity index (χ4v) is 4.74. The van der Waals surface area contributed by atoms with Crippen molar-refractivity contribution >= 4 is 17.6 Å². The van der Waals surface area contributed by atoms with E-state index in [2.05, 4.69) is 33.2 Å². The van der Waals surface area contributed by atoms with Crippen molar-refractivity contribution in [3.8, 4) is 22.5 Å². The van der Waals surface area contributed by atoms with Gasteiger partial charge in [0.05, 0.1) is 11.4 Å². The molecule has 2 atom stereocenters. The fraction of sp³-hybridized carbons (Fsp3) is 0.391. The molecule has 5 nitrogen and oxygen atoms in total. The lowest BCUT2D eigenvalue weighted by Crippen LogP contribution is -2.39. The zero-order valence-electron chi connectivity index (χ0n) is 17.7. The molecule has 0 radical (unpaired) electrons. The Bertz CT molecular complexity index is 995. The predicted molar refractivity (Wildman–Crippen MR) is 122 cm³/mol. The molecule has 7 heteroatoms. The molecule has 3 heterocycles. The molecule has 0 saturated carbocycles. The van der Waals surface area contributed by atoms with Crippen LogP contribution in [-0.4, -0.2) is 39.4 Å². The highest BCUT2D eigenvalue weighted by Crippen LogP contribution is 2.35. The molecular formula is C23H28FN5S. The van der Waals surface area contributed by atoms with Crippen LogP contribution in [0.25, 0.3) is 22.5 Å². The normalized spacial score (nSPS) is 17.3. The van der Waals surface area contributed by atoms with Gasteiger partial charge in [0.25, 0.3) is 0 Å². The van der Waals surface area contributed by atoms with E-state index in [1.165, 1.54) is 25.0 Å². The van der Waals surface area contributed by atoms with Gasteiger partial charge in [-0.15, -0.1) is 0 Å². The molecule has 2 unspecified atom stereocenters. The van der Waals surface area contributed by atoms with E-state index in [4.69, 9.17) is 4.98 Å². The number of hydrogen-bond acceptors (Lipinski definition) is 5. The van der Waals surface area contributed by atoms with E-state index in [-0.39, 0.29) is 5.82 Å². The number of imidazole rings is 1. The van der Waals surface area contributed by atoms with Gasteiger partial charge in [0.2, 0.25) is 0 Å². The van der Waals surface area contributed by atoms with E-state index in [0.29, 0.717) is 12.1 Å². The summed E-state index contributed by atoms with van der Waals surface area (Å²) in [6.07, 6.45) is 7.31. The summed E-state index contributed by atoms with van der Waals surface area (Å²) < 4.78 is 15.6. The molecule has 1 saturated heterocycles. The molecule has 30 heavy (non-hydrogen) atoms. The first-order valence-corrected chi connectivity index (χ1v) is 11.7. The zero-order valence-corrected chi connectivity index (χ0v) is 18.5. The Hall–Kier alpha value is -2.38. The second-order valence-electron chi connectivity index (χ2n) is 7.65. The number of halogens is 1.